The van der Waals surface area contributed by atoms with Gasteiger partial charge in [0.1, 0.15) is 12.6 Å². The molecule has 1 N–H and O–H groups in total. The number of carbonyl (C=O) groups excluding carboxylic acids is 2. The Morgan fingerprint density at radius 2 is 1.61 bits per heavy atom. The molecule has 7 nitrogen and oxygen atoms in total. The summed E-state index contributed by atoms with van der Waals surface area (Å²) in [7, 11) is -3.82. The van der Waals surface area contributed by atoms with Crippen molar-refractivity contribution < 1.29 is 18.0 Å². The van der Waals surface area contributed by atoms with Crippen LogP contribution in [0, 0.1) is 6.92 Å². The highest BCUT2D eigenvalue weighted by Crippen LogP contribution is 2.22. The largest absolute Gasteiger partial charge is 0.354 e. The second kappa shape index (κ2) is 13.4. The maximum Gasteiger partial charge on any atom is 0.244 e. The Morgan fingerprint density at radius 3 is 2.21 bits per heavy atom. The van der Waals surface area contributed by atoms with Crippen LogP contribution >= 0.6 is 11.6 Å². The van der Waals surface area contributed by atoms with Gasteiger partial charge in [-0.25, -0.2) is 8.42 Å². The number of amides is 2. The molecule has 0 spiro atoms. The Kier molecular flexibility index (Phi) is 10.3. The lowest BCUT2D eigenvalue weighted by Crippen LogP contribution is -2.53. The molecule has 0 saturated carbocycles. The van der Waals surface area contributed by atoms with Crippen molar-refractivity contribution in [2.45, 2.75) is 39.3 Å². The van der Waals surface area contributed by atoms with E-state index in [4.69, 9.17) is 11.6 Å². The zero-order chi connectivity index (χ0) is 27.7. The molecule has 3 rings (SSSR count). The zero-order valence-corrected chi connectivity index (χ0v) is 23.5. The fraction of sp³-hybridized carbons (Fsp3) is 0.310. The van der Waals surface area contributed by atoms with Crippen molar-refractivity contribution in [1.82, 2.24) is 10.2 Å². The second-order valence-electron chi connectivity index (χ2n) is 9.25. The van der Waals surface area contributed by atoms with Gasteiger partial charge in [0, 0.05) is 24.5 Å². The van der Waals surface area contributed by atoms with E-state index in [2.05, 4.69) is 5.32 Å². The molecular weight excluding hydrogens is 522 g/mol. The molecule has 3 aromatic rings. The highest BCUT2D eigenvalue weighted by atomic mass is 35.5. The molecule has 0 aliphatic carbocycles. The molecule has 38 heavy (non-hydrogen) atoms. The van der Waals surface area contributed by atoms with Gasteiger partial charge in [-0.15, -0.1) is 0 Å². The Labute approximate surface area is 230 Å². The van der Waals surface area contributed by atoms with Gasteiger partial charge >= 0.3 is 0 Å². The maximum atomic E-state index is 14.0. The van der Waals surface area contributed by atoms with Gasteiger partial charge in [-0.2, -0.15) is 0 Å². The number of hydrogen-bond donors (Lipinski definition) is 1. The first-order valence-corrected chi connectivity index (χ1v) is 14.7. The van der Waals surface area contributed by atoms with Crippen LogP contribution < -0.4 is 9.62 Å². The van der Waals surface area contributed by atoms with Crippen LogP contribution in [0.15, 0.2) is 78.9 Å². The number of aryl methyl sites for hydroxylation is 1. The molecule has 202 valence electrons. The molecule has 0 fully saturated rings. The summed E-state index contributed by atoms with van der Waals surface area (Å²) in [5.41, 5.74) is 3.07. The molecule has 0 aromatic heterocycles. The Balaban J connectivity index is 2.03. The third-order valence-electron chi connectivity index (χ3n) is 6.05. The highest BCUT2D eigenvalue weighted by Gasteiger charge is 2.32. The molecule has 0 unspecified atom stereocenters. The van der Waals surface area contributed by atoms with Crippen molar-refractivity contribution >= 4 is 39.1 Å². The van der Waals surface area contributed by atoms with Gasteiger partial charge in [0.05, 0.1) is 11.9 Å². The van der Waals surface area contributed by atoms with Gasteiger partial charge in [0.25, 0.3) is 0 Å². The van der Waals surface area contributed by atoms with E-state index >= 15 is 0 Å². The third-order valence-corrected chi connectivity index (χ3v) is 7.44. The monoisotopic (exact) mass is 555 g/mol. The van der Waals surface area contributed by atoms with Crippen molar-refractivity contribution in [3.63, 3.8) is 0 Å². The summed E-state index contributed by atoms with van der Waals surface area (Å²) < 4.78 is 26.6. The lowest BCUT2D eigenvalue weighted by molar-refractivity contribution is -0.140. The van der Waals surface area contributed by atoms with Crippen molar-refractivity contribution in [2.24, 2.45) is 0 Å². The topological polar surface area (TPSA) is 86.8 Å². The van der Waals surface area contributed by atoms with Gasteiger partial charge < -0.3 is 10.2 Å². The van der Waals surface area contributed by atoms with Gasteiger partial charge in [-0.1, -0.05) is 78.7 Å². The number of benzene rings is 3. The normalized spacial score (nSPS) is 12.0. The maximum absolute atomic E-state index is 14.0. The highest BCUT2D eigenvalue weighted by molar-refractivity contribution is 7.92. The lowest BCUT2D eigenvalue weighted by atomic mass is 10.0. The van der Waals surface area contributed by atoms with Crippen LogP contribution in [0.25, 0.3) is 0 Å². The Morgan fingerprint density at radius 1 is 0.947 bits per heavy atom. The fourth-order valence-corrected chi connectivity index (χ4v) is 5.12. The Bertz CT molecular complexity index is 1330. The number of rotatable bonds is 12. The average molecular weight is 556 g/mol. The number of sulfonamides is 1. The second-order valence-corrected chi connectivity index (χ2v) is 11.6. The first kappa shape index (κ1) is 29.2. The molecule has 0 aliphatic rings. The fourth-order valence-electron chi connectivity index (χ4n) is 4.15. The molecule has 2 amide bonds. The zero-order valence-electron chi connectivity index (χ0n) is 21.9. The predicted molar refractivity (Wildman–Crippen MR) is 153 cm³/mol. The summed E-state index contributed by atoms with van der Waals surface area (Å²) in [6.07, 6.45) is 2.08. The van der Waals surface area contributed by atoms with Crippen LogP contribution in [-0.2, 0) is 32.6 Å². The number of carbonyl (C=O) groups is 2. The van der Waals surface area contributed by atoms with E-state index in [9.17, 15) is 18.0 Å². The van der Waals surface area contributed by atoms with E-state index in [1.165, 1.54) is 4.90 Å². The van der Waals surface area contributed by atoms with Crippen LogP contribution in [0.3, 0.4) is 0 Å². The minimum Gasteiger partial charge on any atom is -0.354 e. The molecule has 1 atom stereocenters. The van der Waals surface area contributed by atoms with Gasteiger partial charge in [-0.05, 0) is 48.7 Å². The number of halogens is 1. The molecular formula is C29H34ClN3O4S. The summed E-state index contributed by atoms with van der Waals surface area (Å²) in [6, 6.07) is 22.6. The predicted octanol–water partition coefficient (Wildman–Crippen LogP) is 4.58. The first-order chi connectivity index (χ1) is 18.1. The SMILES string of the molecule is CCCNC(=O)[C@@H](Cc1ccccc1)N(Cc1cccc(C)c1)C(=O)CN(c1ccc(Cl)cc1)S(C)(=O)=O. The van der Waals surface area contributed by atoms with Crippen LogP contribution in [0.4, 0.5) is 5.69 Å². The lowest BCUT2D eigenvalue weighted by Gasteiger charge is -2.33. The van der Waals surface area contributed by atoms with Crippen LogP contribution in [0.1, 0.15) is 30.0 Å². The van der Waals surface area contributed by atoms with Gasteiger partial charge in [-0.3, -0.25) is 13.9 Å². The molecule has 0 aliphatic heterocycles. The molecule has 0 bridgehead atoms. The van der Waals surface area contributed by atoms with Gasteiger partial charge in [0.15, 0.2) is 0 Å². The van der Waals surface area contributed by atoms with Crippen LogP contribution in [-0.4, -0.2) is 50.5 Å². The summed E-state index contributed by atoms with van der Waals surface area (Å²) in [5, 5.41) is 3.38. The summed E-state index contributed by atoms with van der Waals surface area (Å²) in [5.74, 6) is -0.770. The van der Waals surface area contributed by atoms with Crippen molar-refractivity contribution in [3.8, 4) is 0 Å². The number of hydrogen-bond acceptors (Lipinski definition) is 4. The minimum atomic E-state index is -3.82. The average Bonchev–Trinajstić information content (AvgIpc) is 2.88. The first-order valence-electron chi connectivity index (χ1n) is 12.5. The van der Waals surface area contributed by atoms with E-state index in [0.717, 1.165) is 33.7 Å². The molecule has 9 heteroatoms. The van der Waals surface area contributed by atoms with E-state index < -0.39 is 28.5 Å². The number of anilines is 1. The van der Waals surface area contributed by atoms with E-state index in [0.29, 0.717) is 17.3 Å². The molecule has 0 radical (unpaired) electrons. The van der Waals surface area contributed by atoms with Crippen molar-refractivity contribution in [3.05, 3.63) is 101 Å². The quantitative estimate of drug-likeness (QED) is 0.354. The number of nitrogens with zero attached hydrogens (tertiary/aromatic N) is 2. The Hall–Kier alpha value is -3.36. The molecule has 3 aromatic carbocycles. The van der Waals surface area contributed by atoms with Crippen molar-refractivity contribution in [2.75, 3.05) is 23.7 Å². The smallest absolute Gasteiger partial charge is 0.244 e. The standard InChI is InChI=1S/C29H34ClN3O4S/c1-4-17-31-29(35)27(19-23-10-6-5-7-11-23)32(20-24-12-8-9-22(2)18-24)28(34)21-33(38(3,36)37)26-15-13-25(30)14-16-26/h5-16,18,27H,4,17,19-21H2,1-3H3,(H,31,35)/t27-/m1/s1. The van der Waals surface area contributed by atoms with Crippen LogP contribution in [0.2, 0.25) is 5.02 Å². The van der Waals surface area contributed by atoms with Gasteiger partial charge in [0.2, 0.25) is 21.8 Å². The summed E-state index contributed by atoms with van der Waals surface area (Å²) >= 11 is 6.00. The van der Waals surface area contributed by atoms with Crippen molar-refractivity contribution in [1.29, 1.82) is 0 Å². The summed E-state index contributed by atoms with van der Waals surface area (Å²) in [6.45, 7) is 4.07. The number of nitrogens with one attached hydrogen (secondary N) is 1. The van der Waals surface area contributed by atoms with E-state index in [1.807, 2.05) is 68.4 Å². The van der Waals surface area contributed by atoms with Crippen LogP contribution in [0.5, 0.6) is 0 Å². The van der Waals surface area contributed by atoms with E-state index in [1.54, 1.807) is 24.3 Å². The molecule has 0 saturated heterocycles. The third kappa shape index (κ3) is 8.33. The van der Waals surface area contributed by atoms with E-state index in [-0.39, 0.29) is 18.9 Å². The summed E-state index contributed by atoms with van der Waals surface area (Å²) in [4.78, 5) is 28.9. The molecule has 0 heterocycles. The minimum absolute atomic E-state index is 0.149.